The summed E-state index contributed by atoms with van der Waals surface area (Å²) in [7, 11) is 0. The Morgan fingerprint density at radius 2 is 1.90 bits per heavy atom. The minimum atomic E-state index is -0.271. The third-order valence-electron chi connectivity index (χ3n) is 3.18. The Bertz CT molecular complexity index is 698. The third-order valence-corrected chi connectivity index (χ3v) is 3.18. The third kappa shape index (κ3) is 2.59. The second-order valence-corrected chi connectivity index (χ2v) is 5.97. The lowest BCUT2D eigenvalue weighted by Gasteiger charge is -2.18. The first-order valence-corrected chi connectivity index (χ1v) is 6.52. The first-order chi connectivity index (χ1) is 9.20. The van der Waals surface area contributed by atoms with E-state index in [1.54, 1.807) is 0 Å². The van der Waals surface area contributed by atoms with Crippen LogP contribution in [0.2, 0.25) is 0 Å². The number of rotatable bonds is 2. The van der Waals surface area contributed by atoms with Crippen molar-refractivity contribution >= 4 is 22.5 Å². The highest BCUT2D eigenvalue weighted by atomic mass is 16.4. The van der Waals surface area contributed by atoms with Crippen LogP contribution < -0.4 is 0 Å². The summed E-state index contributed by atoms with van der Waals surface area (Å²) in [6.45, 7) is 9.19. The van der Waals surface area contributed by atoms with Gasteiger partial charge in [-0.3, -0.25) is 4.79 Å². The normalized spacial score (nSPS) is 13.4. The molecule has 4 heteroatoms. The largest absolute Gasteiger partial charge is 0.512 e. The molecule has 0 spiro atoms. The predicted octanol–water partition coefficient (Wildman–Crippen LogP) is 4.00. The van der Waals surface area contributed by atoms with Gasteiger partial charge in [-0.05, 0) is 37.0 Å². The number of benzene rings is 1. The average Bonchev–Trinajstić information content (AvgIpc) is 2.68. The lowest BCUT2D eigenvalue weighted by atomic mass is 9.87. The number of aromatic nitrogens is 1. The highest BCUT2D eigenvalue weighted by Crippen LogP contribution is 2.28. The van der Waals surface area contributed by atoms with E-state index < -0.39 is 0 Å². The molecule has 1 heterocycles. The molecule has 2 aromatic rings. The van der Waals surface area contributed by atoms with E-state index in [0.29, 0.717) is 11.1 Å². The van der Waals surface area contributed by atoms with Gasteiger partial charge in [-0.25, -0.2) is 4.98 Å². The van der Waals surface area contributed by atoms with Crippen LogP contribution in [0.1, 0.15) is 46.1 Å². The number of aliphatic hydroxyl groups excluding tert-OH is 1. The number of ketones is 1. The van der Waals surface area contributed by atoms with Crippen LogP contribution in [0.3, 0.4) is 0 Å². The quantitative estimate of drug-likeness (QED) is 0.663. The predicted molar refractivity (Wildman–Crippen MR) is 78.6 cm³/mol. The average molecular weight is 273 g/mol. The maximum absolute atomic E-state index is 11.6. The fourth-order valence-corrected chi connectivity index (χ4v) is 2.06. The number of carbonyl (C=O) groups is 1. The van der Waals surface area contributed by atoms with Crippen molar-refractivity contribution in [3.05, 3.63) is 35.4 Å². The summed E-state index contributed by atoms with van der Waals surface area (Å²) in [4.78, 5) is 15.9. The van der Waals surface area contributed by atoms with Gasteiger partial charge in [0.05, 0.1) is 0 Å². The van der Waals surface area contributed by atoms with E-state index in [9.17, 15) is 9.90 Å². The van der Waals surface area contributed by atoms with Crippen LogP contribution >= 0.6 is 0 Å². The number of hydrogen-bond donors (Lipinski definition) is 1. The van der Waals surface area contributed by atoms with Crippen LogP contribution in [-0.4, -0.2) is 15.9 Å². The van der Waals surface area contributed by atoms with Gasteiger partial charge in [-0.15, -0.1) is 0 Å². The molecular weight excluding hydrogens is 254 g/mol. The summed E-state index contributed by atoms with van der Waals surface area (Å²) in [6.07, 6.45) is 0. The van der Waals surface area contributed by atoms with Crippen LogP contribution in [0.5, 0.6) is 0 Å². The van der Waals surface area contributed by atoms with Gasteiger partial charge < -0.3 is 9.52 Å². The van der Waals surface area contributed by atoms with Crippen molar-refractivity contribution in [2.75, 3.05) is 0 Å². The van der Waals surface area contributed by atoms with Crippen molar-refractivity contribution in [2.24, 2.45) is 0 Å². The van der Waals surface area contributed by atoms with E-state index in [-0.39, 0.29) is 28.4 Å². The van der Waals surface area contributed by atoms with Crippen LogP contribution in [0.25, 0.3) is 16.7 Å². The fraction of sp³-hybridized carbons (Fsp3) is 0.375. The molecular formula is C16H19NO3. The Balaban J connectivity index is 2.60. The summed E-state index contributed by atoms with van der Waals surface area (Å²) in [5.41, 5.74) is 2.57. The first-order valence-electron chi connectivity index (χ1n) is 6.52. The molecule has 1 aromatic heterocycles. The zero-order chi connectivity index (χ0) is 15.1. The number of carbonyl (C=O) groups excluding carboxylic acids is 1. The van der Waals surface area contributed by atoms with Crippen molar-refractivity contribution in [2.45, 2.75) is 40.0 Å². The highest BCUT2D eigenvalue weighted by molar-refractivity contribution is 6.19. The molecule has 0 bridgehead atoms. The van der Waals surface area contributed by atoms with Crippen molar-refractivity contribution < 1.29 is 14.3 Å². The maximum Gasteiger partial charge on any atom is 0.234 e. The first kappa shape index (κ1) is 14.3. The Morgan fingerprint density at radius 1 is 1.25 bits per heavy atom. The number of nitrogens with zero attached hydrogens (tertiary/aromatic N) is 1. The van der Waals surface area contributed by atoms with Crippen molar-refractivity contribution in [3.8, 4) is 0 Å². The lowest BCUT2D eigenvalue weighted by Crippen LogP contribution is -2.10. The summed E-state index contributed by atoms with van der Waals surface area (Å²) < 4.78 is 5.57. The van der Waals surface area contributed by atoms with Crippen molar-refractivity contribution in [1.29, 1.82) is 0 Å². The van der Waals surface area contributed by atoms with E-state index in [2.05, 4.69) is 25.8 Å². The van der Waals surface area contributed by atoms with E-state index in [4.69, 9.17) is 4.42 Å². The molecule has 0 aliphatic heterocycles. The minimum Gasteiger partial charge on any atom is -0.512 e. The molecule has 4 nitrogen and oxygen atoms in total. The van der Waals surface area contributed by atoms with E-state index >= 15 is 0 Å². The second kappa shape index (κ2) is 4.78. The molecule has 0 aliphatic rings. The van der Waals surface area contributed by atoms with Gasteiger partial charge in [0.15, 0.2) is 11.4 Å². The number of oxazole rings is 1. The Kier molecular flexibility index (Phi) is 3.42. The molecule has 0 amide bonds. The van der Waals surface area contributed by atoms with Gasteiger partial charge in [0.2, 0.25) is 5.89 Å². The molecule has 106 valence electrons. The van der Waals surface area contributed by atoms with Crippen molar-refractivity contribution in [3.63, 3.8) is 0 Å². The number of fused-ring (bicyclic) bond motifs is 1. The fourth-order valence-electron chi connectivity index (χ4n) is 2.06. The molecule has 20 heavy (non-hydrogen) atoms. The van der Waals surface area contributed by atoms with Gasteiger partial charge >= 0.3 is 0 Å². The number of aliphatic hydroxyl groups is 1. The van der Waals surface area contributed by atoms with Crippen LogP contribution in [0.4, 0.5) is 0 Å². The van der Waals surface area contributed by atoms with Crippen LogP contribution in [-0.2, 0) is 10.2 Å². The molecule has 0 atom stereocenters. The van der Waals surface area contributed by atoms with Crippen LogP contribution in [0, 0.1) is 0 Å². The van der Waals surface area contributed by atoms with Crippen molar-refractivity contribution in [1.82, 2.24) is 4.98 Å². The Hall–Kier alpha value is -2.10. The summed E-state index contributed by atoms with van der Waals surface area (Å²) >= 11 is 0. The molecule has 0 fully saturated rings. The highest BCUT2D eigenvalue weighted by Gasteiger charge is 2.20. The van der Waals surface area contributed by atoms with E-state index in [1.807, 2.05) is 18.2 Å². The van der Waals surface area contributed by atoms with E-state index in [1.165, 1.54) is 13.8 Å². The molecule has 0 saturated heterocycles. The summed E-state index contributed by atoms with van der Waals surface area (Å²) in [5.74, 6) is -0.189. The van der Waals surface area contributed by atoms with Gasteiger partial charge in [-0.2, -0.15) is 0 Å². The molecule has 0 radical (unpaired) electrons. The summed E-state index contributed by atoms with van der Waals surface area (Å²) in [6, 6.07) is 5.78. The number of allylic oxidation sites excluding steroid dienone is 2. The smallest absolute Gasteiger partial charge is 0.234 e. The number of Topliss-reactive ketones (excluding diaryl/α,β-unsaturated/α-hetero) is 1. The van der Waals surface area contributed by atoms with Gasteiger partial charge in [-0.1, -0.05) is 26.8 Å². The molecule has 1 aromatic carbocycles. The standard InChI is InChI=1S/C16H19NO3/c1-9(18)14(10(2)19)15-17-12-8-11(16(3,4)5)6-7-13(12)20-15/h6-8,18H,1-5H3/b14-9+. The second-order valence-electron chi connectivity index (χ2n) is 5.97. The van der Waals surface area contributed by atoms with E-state index in [0.717, 1.165) is 5.56 Å². The van der Waals surface area contributed by atoms with Crippen LogP contribution in [0.15, 0.2) is 28.4 Å². The molecule has 0 saturated carbocycles. The molecule has 0 unspecified atom stereocenters. The zero-order valence-corrected chi connectivity index (χ0v) is 12.4. The molecule has 2 rings (SSSR count). The minimum absolute atomic E-state index is 0.0133. The lowest BCUT2D eigenvalue weighted by molar-refractivity contribution is -0.112. The monoisotopic (exact) mass is 273 g/mol. The Labute approximate surface area is 118 Å². The summed E-state index contributed by atoms with van der Waals surface area (Å²) in [5, 5.41) is 9.60. The number of hydrogen-bond acceptors (Lipinski definition) is 4. The van der Waals surface area contributed by atoms with Gasteiger partial charge in [0, 0.05) is 0 Å². The van der Waals surface area contributed by atoms with Gasteiger partial charge in [0.25, 0.3) is 0 Å². The molecule has 0 aliphatic carbocycles. The molecule has 1 N–H and O–H groups in total. The zero-order valence-electron chi connectivity index (χ0n) is 12.4. The van der Waals surface area contributed by atoms with Gasteiger partial charge in [0.1, 0.15) is 16.8 Å². The SMILES string of the molecule is CC(=O)/C(=C(/C)O)c1nc2cc(C(C)(C)C)ccc2o1. The Morgan fingerprint density at radius 3 is 2.40 bits per heavy atom. The maximum atomic E-state index is 11.6. The topological polar surface area (TPSA) is 63.3 Å².